The van der Waals surface area contributed by atoms with Gasteiger partial charge in [-0.3, -0.25) is 4.48 Å². The molecule has 2 aromatic rings. The van der Waals surface area contributed by atoms with Crippen LogP contribution in [0.1, 0.15) is 12.5 Å². The third-order valence-corrected chi connectivity index (χ3v) is 3.68. The normalized spacial score (nSPS) is 15.7. The summed E-state index contributed by atoms with van der Waals surface area (Å²) in [6, 6.07) is 10.3. The first-order valence-electron chi connectivity index (χ1n) is 7.12. The molecule has 0 saturated carbocycles. The molecular weight excluding hydrogens is 280 g/mol. The number of nitrogens with zero attached hydrogens (tertiary/aromatic N) is 2. The number of benzene rings is 2. The molecule has 0 amide bonds. The average molecular weight is 299 g/mol. The lowest BCUT2D eigenvalue weighted by molar-refractivity contribution is -0.140. The van der Waals surface area contributed by atoms with Gasteiger partial charge in [0.15, 0.2) is 0 Å². The second-order valence-corrected chi connectivity index (χ2v) is 6.27. The molecule has 1 aliphatic rings. The molecule has 22 heavy (non-hydrogen) atoms. The number of quaternary nitrogens is 1. The molecule has 5 heteroatoms. The highest BCUT2D eigenvalue weighted by Gasteiger charge is 2.24. The van der Waals surface area contributed by atoms with Crippen molar-refractivity contribution in [3.05, 3.63) is 35.9 Å². The molecule has 0 atom stereocenters. The van der Waals surface area contributed by atoms with Crippen molar-refractivity contribution in [3.8, 4) is 5.75 Å². The molecule has 0 aromatic heterocycles. The van der Waals surface area contributed by atoms with E-state index < -0.39 is 5.97 Å². The number of fused-ring (bicyclic) bond motifs is 3. The van der Waals surface area contributed by atoms with Crippen molar-refractivity contribution in [2.75, 3.05) is 27.7 Å². The summed E-state index contributed by atoms with van der Waals surface area (Å²) in [6.07, 6.45) is 0. The average Bonchev–Trinajstić information content (AvgIpc) is 2.87. The molecule has 3 rings (SSSR count). The van der Waals surface area contributed by atoms with E-state index in [1.54, 1.807) is 0 Å². The molecule has 114 valence electrons. The second kappa shape index (κ2) is 5.10. The maximum Gasteiger partial charge on any atom is 0.331 e. The molecule has 0 radical (unpaired) electrons. The predicted molar refractivity (Wildman–Crippen MR) is 87.3 cm³/mol. The third-order valence-electron chi connectivity index (χ3n) is 3.68. The van der Waals surface area contributed by atoms with Gasteiger partial charge in [0.2, 0.25) is 0 Å². The summed E-state index contributed by atoms with van der Waals surface area (Å²) in [5, 5.41) is 6.09. The molecular formula is C17H19N2O3+. The fourth-order valence-electron chi connectivity index (χ4n) is 2.54. The van der Waals surface area contributed by atoms with Crippen LogP contribution in [0.25, 0.3) is 10.8 Å². The molecule has 5 nitrogen and oxygen atoms in total. The van der Waals surface area contributed by atoms with E-state index in [1.165, 1.54) is 12.6 Å². The van der Waals surface area contributed by atoms with Gasteiger partial charge in [0.25, 0.3) is 0 Å². The zero-order valence-electron chi connectivity index (χ0n) is 13.2. The molecule has 1 heterocycles. The monoisotopic (exact) mass is 299 g/mol. The van der Waals surface area contributed by atoms with Gasteiger partial charge in [-0.2, -0.15) is 0 Å². The molecule has 1 aliphatic heterocycles. The van der Waals surface area contributed by atoms with Crippen molar-refractivity contribution in [1.29, 1.82) is 0 Å². The summed E-state index contributed by atoms with van der Waals surface area (Å²) in [5.74, 6) is 0.338. The van der Waals surface area contributed by atoms with E-state index in [-0.39, 0.29) is 0 Å². The molecule has 0 spiro atoms. The number of hydrogen-bond acceptors (Lipinski definition) is 4. The summed E-state index contributed by atoms with van der Waals surface area (Å²) in [7, 11) is 6.39. The minimum Gasteiger partial charge on any atom is -0.486 e. The van der Waals surface area contributed by atoms with Gasteiger partial charge in [0, 0.05) is 13.0 Å². The summed E-state index contributed by atoms with van der Waals surface area (Å²) in [4.78, 5) is 15.7. The smallest absolute Gasteiger partial charge is 0.331 e. The summed E-state index contributed by atoms with van der Waals surface area (Å²) in [5.41, 5.74) is 2.77. The van der Waals surface area contributed by atoms with Crippen LogP contribution >= 0.6 is 0 Å². The number of oxime groups is 1. The van der Waals surface area contributed by atoms with Crippen LogP contribution in [0.15, 0.2) is 35.5 Å². The van der Waals surface area contributed by atoms with Crippen LogP contribution in [0.3, 0.4) is 0 Å². The largest absolute Gasteiger partial charge is 0.486 e. The SMILES string of the molecule is CC(=O)ON=C1COc2ccc3cc([N+](C)(C)C)ccc3c21. The van der Waals surface area contributed by atoms with Crippen LogP contribution < -0.4 is 9.22 Å². The molecule has 0 aliphatic carbocycles. The van der Waals surface area contributed by atoms with Crippen LogP contribution in [0.5, 0.6) is 5.75 Å². The van der Waals surface area contributed by atoms with Gasteiger partial charge in [-0.25, -0.2) is 4.79 Å². The fourth-order valence-corrected chi connectivity index (χ4v) is 2.54. The molecule has 0 unspecified atom stereocenters. The molecule has 0 bridgehead atoms. The van der Waals surface area contributed by atoms with Gasteiger partial charge in [-0.1, -0.05) is 11.2 Å². The van der Waals surface area contributed by atoms with E-state index >= 15 is 0 Å². The first-order chi connectivity index (χ1) is 10.4. The lowest BCUT2D eigenvalue weighted by Crippen LogP contribution is -2.34. The summed E-state index contributed by atoms with van der Waals surface area (Å²) in [6.45, 7) is 1.65. The summed E-state index contributed by atoms with van der Waals surface area (Å²) < 4.78 is 6.37. The van der Waals surface area contributed by atoms with Gasteiger partial charge >= 0.3 is 5.97 Å². The van der Waals surface area contributed by atoms with E-state index in [1.807, 2.05) is 12.1 Å². The predicted octanol–water partition coefficient (Wildman–Crippen LogP) is 2.70. The molecule has 2 aromatic carbocycles. The minimum atomic E-state index is -0.437. The highest BCUT2D eigenvalue weighted by Crippen LogP contribution is 2.35. The maximum absolute atomic E-state index is 11.0. The Morgan fingerprint density at radius 2 is 2.00 bits per heavy atom. The van der Waals surface area contributed by atoms with Crippen LogP contribution in [-0.2, 0) is 9.63 Å². The van der Waals surface area contributed by atoms with Gasteiger partial charge in [0.05, 0.1) is 26.7 Å². The first kappa shape index (κ1) is 14.5. The van der Waals surface area contributed by atoms with Gasteiger partial charge in [-0.05, 0) is 29.0 Å². The number of hydrogen-bond donors (Lipinski definition) is 0. The minimum absolute atomic E-state index is 0.318. The Kier molecular flexibility index (Phi) is 3.37. The Morgan fingerprint density at radius 3 is 2.68 bits per heavy atom. The zero-order valence-corrected chi connectivity index (χ0v) is 13.2. The quantitative estimate of drug-likeness (QED) is 0.486. The summed E-state index contributed by atoms with van der Waals surface area (Å²) >= 11 is 0. The van der Waals surface area contributed by atoms with Crippen molar-refractivity contribution >= 4 is 28.1 Å². The van der Waals surface area contributed by atoms with Crippen molar-refractivity contribution < 1.29 is 14.4 Å². The van der Waals surface area contributed by atoms with E-state index in [2.05, 4.69) is 44.5 Å². The van der Waals surface area contributed by atoms with Crippen molar-refractivity contribution in [2.45, 2.75) is 6.92 Å². The van der Waals surface area contributed by atoms with Crippen molar-refractivity contribution in [2.24, 2.45) is 5.16 Å². The Balaban J connectivity index is 2.14. The third kappa shape index (κ3) is 2.55. The van der Waals surface area contributed by atoms with Gasteiger partial charge in [-0.15, -0.1) is 0 Å². The molecule has 0 fully saturated rings. The Morgan fingerprint density at radius 1 is 1.23 bits per heavy atom. The zero-order chi connectivity index (χ0) is 15.9. The highest BCUT2D eigenvalue weighted by atomic mass is 16.7. The Hall–Kier alpha value is -2.40. The number of carbonyl (C=O) groups excluding carboxylic acids is 1. The number of carbonyl (C=O) groups is 1. The second-order valence-electron chi connectivity index (χ2n) is 6.27. The van der Waals surface area contributed by atoms with E-state index in [0.29, 0.717) is 12.3 Å². The van der Waals surface area contributed by atoms with Gasteiger partial charge in [0.1, 0.15) is 23.8 Å². The van der Waals surface area contributed by atoms with Crippen LogP contribution in [0, 0.1) is 0 Å². The van der Waals surface area contributed by atoms with E-state index in [9.17, 15) is 4.79 Å². The molecule has 0 saturated heterocycles. The van der Waals surface area contributed by atoms with Crippen molar-refractivity contribution in [3.63, 3.8) is 0 Å². The topological polar surface area (TPSA) is 47.9 Å². The lowest BCUT2D eigenvalue weighted by atomic mass is 10.0. The number of rotatable bonds is 2. The van der Waals surface area contributed by atoms with E-state index in [0.717, 1.165) is 26.6 Å². The van der Waals surface area contributed by atoms with Crippen molar-refractivity contribution in [1.82, 2.24) is 4.48 Å². The first-order valence-corrected chi connectivity index (χ1v) is 7.12. The molecule has 0 N–H and O–H groups in total. The van der Waals surface area contributed by atoms with E-state index in [4.69, 9.17) is 9.57 Å². The fraction of sp³-hybridized carbons (Fsp3) is 0.294. The Labute approximate surface area is 129 Å². The van der Waals surface area contributed by atoms with Crippen LogP contribution in [0.4, 0.5) is 5.69 Å². The lowest BCUT2D eigenvalue weighted by Gasteiger charge is -2.23. The Bertz CT molecular complexity index is 788. The standard InChI is InChI=1S/C17H19N2O3/c1-11(20)22-18-15-10-21-16-8-5-12-9-13(19(2,3)4)6-7-14(12)17(15)16/h5-9H,10H2,1-4H3/q+1. The van der Waals surface area contributed by atoms with Crippen LogP contribution in [0.2, 0.25) is 0 Å². The maximum atomic E-state index is 11.0. The highest BCUT2D eigenvalue weighted by molar-refractivity contribution is 6.15. The van der Waals surface area contributed by atoms with Crippen LogP contribution in [-0.4, -0.2) is 39.4 Å². The van der Waals surface area contributed by atoms with Gasteiger partial charge < -0.3 is 9.57 Å². The number of ether oxygens (including phenoxy) is 1.